The van der Waals surface area contributed by atoms with Crippen LogP contribution in [0.3, 0.4) is 0 Å². The van der Waals surface area contributed by atoms with Gasteiger partial charge in [0.2, 0.25) is 11.8 Å². The molecule has 2 aliphatic rings. The number of hydrogen-bond donors (Lipinski definition) is 1. The molecule has 1 amide bonds. The summed E-state index contributed by atoms with van der Waals surface area (Å²) in [5.41, 5.74) is 5.71. The first kappa shape index (κ1) is 21.2. The van der Waals surface area contributed by atoms with Crippen LogP contribution in [0.5, 0.6) is 5.75 Å². The van der Waals surface area contributed by atoms with E-state index in [0.717, 1.165) is 5.56 Å². The van der Waals surface area contributed by atoms with Gasteiger partial charge in [0.15, 0.2) is 11.2 Å². The van der Waals surface area contributed by atoms with Crippen LogP contribution in [0.4, 0.5) is 5.69 Å². The Balaban J connectivity index is 1.73. The molecule has 2 aliphatic heterocycles. The van der Waals surface area contributed by atoms with E-state index in [0.29, 0.717) is 26.7 Å². The molecule has 35 heavy (non-hydrogen) atoms. The van der Waals surface area contributed by atoms with Crippen LogP contribution in [0.25, 0.3) is 11.0 Å². The number of nitriles is 1. The molecule has 1 atom stereocenters. The Bertz CT molecular complexity index is 1690. The van der Waals surface area contributed by atoms with Crippen LogP contribution < -0.4 is 21.0 Å². The van der Waals surface area contributed by atoms with Crippen molar-refractivity contribution in [2.45, 2.75) is 12.0 Å². The summed E-state index contributed by atoms with van der Waals surface area (Å²) in [6.07, 6.45) is 0. The van der Waals surface area contributed by atoms with Gasteiger partial charge in [0, 0.05) is 15.7 Å². The standard InChI is InChI=1S/C27H16BrN3O4/c28-16-10-11-20-18(12-16)27(26(33)31(20)14-15-6-2-1-3-7-15)19(13-29)24(30)35-23-17-8-4-5-9-21(17)34-25(32)22(23)27/h1-12H,14,30H2. The van der Waals surface area contributed by atoms with Crippen LogP contribution in [-0.4, -0.2) is 5.91 Å². The van der Waals surface area contributed by atoms with Gasteiger partial charge >= 0.3 is 5.63 Å². The van der Waals surface area contributed by atoms with E-state index in [-0.39, 0.29) is 29.3 Å². The molecule has 3 aromatic carbocycles. The third-order valence-electron chi connectivity index (χ3n) is 6.49. The summed E-state index contributed by atoms with van der Waals surface area (Å²) < 4.78 is 12.2. The van der Waals surface area contributed by atoms with E-state index in [1.54, 1.807) is 41.3 Å². The van der Waals surface area contributed by atoms with Gasteiger partial charge in [0.1, 0.15) is 22.8 Å². The fourth-order valence-corrected chi connectivity index (χ4v) is 5.40. The first-order valence-corrected chi connectivity index (χ1v) is 11.6. The quantitative estimate of drug-likeness (QED) is 0.386. The van der Waals surface area contributed by atoms with Crippen molar-refractivity contribution < 1.29 is 13.9 Å². The summed E-state index contributed by atoms with van der Waals surface area (Å²) in [4.78, 5) is 29.5. The number of ether oxygens (including phenoxy) is 1. The average Bonchev–Trinajstić information content (AvgIpc) is 3.07. The molecular formula is C27H16BrN3O4. The van der Waals surface area contributed by atoms with Gasteiger partial charge in [-0.3, -0.25) is 4.79 Å². The monoisotopic (exact) mass is 525 g/mol. The number of nitrogens with zero attached hydrogens (tertiary/aromatic N) is 2. The molecule has 4 aromatic rings. The maximum Gasteiger partial charge on any atom is 0.345 e. The van der Waals surface area contributed by atoms with E-state index in [9.17, 15) is 14.9 Å². The van der Waals surface area contributed by atoms with Crippen LogP contribution in [0.1, 0.15) is 16.7 Å². The van der Waals surface area contributed by atoms with Gasteiger partial charge in [-0.1, -0.05) is 58.4 Å². The van der Waals surface area contributed by atoms with Crippen molar-refractivity contribution in [1.82, 2.24) is 0 Å². The first-order valence-electron chi connectivity index (χ1n) is 10.8. The van der Waals surface area contributed by atoms with Crippen molar-refractivity contribution in [3.05, 3.63) is 116 Å². The molecule has 1 unspecified atom stereocenters. The second kappa shape index (κ2) is 7.58. The third kappa shape index (κ3) is 2.82. The van der Waals surface area contributed by atoms with Crippen LogP contribution >= 0.6 is 15.9 Å². The highest BCUT2D eigenvalue weighted by molar-refractivity contribution is 9.10. The molecule has 3 heterocycles. The number of anilines is 1. The number of halogens is 1. The third-order valence-corrected chi connectivity index (χ3v) is 6.98. The lowest BCUT2D eigenvalue weighted by Gasteiger charge is -2.33. The average molecular weight is 526 g/mol. The fourth-order valence-electron chi connectivity index (χ4n) is 5.04. The van der Waals surface area contributed by atoms with Gasteiger partial charge < -0.3 is 19.8 Å². The van der Waals surface area contributed by atoms with Crippen LogP contribution in [0, 0.1) is 11.3 Å². The zero-order valence-electron chi connectivity index (χ0n) is 18.1. The van der Waals surface area contributed by atoms with E-state index in [1.807, 2.05) is 36.4 Å². The molecule has 0 saturated carbocycles. The van der Waals surface area contributed by atoms with Crippen LogP contribution in [0.2, 0.25) is 0 Å². The van der Waals surface area contributed by atoms with Gasteiger partial charge in [-0.25, -0.2) is 4.79 Å². The molecule has 0 saturated heterocycles. The molecule has 0 bridgehead atoms. The van der Waals surface area contributed by atoms with E-state index in [1.165, 1.54) is 0 Å². The molecular weight excluding hydrogens is 510 g/mol. The summed E-state index contributed by atoms with van der Waals surface area (Å²) in [7, 11) is 0. The highest BCUT2D eigenvalue weighted by Crippen LogP contribution is 2.56. The minimum atomic E-state index is -1.81. The molecule has 0 radical (unpaired) electrons. The Kier molecular flexibility index (Phi) is 4.59. The largest absolute Gasteiger partial charge is 0.439 e. The Morgan fingerprint density at radius 2 is 1.77 bits per heavy atom. The number of nitrogens with two attached hydrogens (primary N) is 1. The second-order valence-electron chi connectivity index (χ2n) is 8.33. The van der Waals surface area contributed by atoms with Crippen molar-refractivity contribution in [3.8, 4) is 11.8 Å². The van der Waals surface area contributed by atoms with E-state index < -0.39 is 16.9 Å². The Morgan fingerprint density at radius 1 is 1.03 bits per heavy atom. The summed E-state index contributed by atoms with van der Waals surface area (Å²) in [6, 6.07) is 23.7. The molecule has 1 aromatic heterocycles. The summed E-state index contributed by atoms with van der Waals surface area (Å²) >= 11 is 3.48. The summed E-state index contributed by atoms with van der Waals surface area (Å²) in [5, 5.41) is 10.7. The number of amides is 1. The minimum Gasteiger partial charge on any atom is -0.439 e. The van der Waals surface area contributed by atoms with Gasteiger partial charge in [-0.15, -0.1) is 0 Å². The van der Waals surface area contributed by atoms with Gasteiger partial charge in [0.25, 0.3) is 0 Å². The Hall–Kier alpha value is -4.35. The second-order valence-corrected chi connectivity index (χ2v) is 9.25. The predicted octanol–water partition coefficient (Wildman–Crippen LogP) is 4.47. The van der Waals surface area contributed by atoms with Crippen molar-refractivity contribution in [2.75, 3.05) is 4.90 Å². The lowest BCUT2D eigenvalue weighted by atomic mass is 9.69. The number of hydrogen-bond acceptors (Lipinski definition) is 6. The lowest BCUT2D eigenvalue weighted by molar-refractivity contribution is -0.121. The first-order chi connectivity index (χ1) is 17.0. The molecule has 170 valence electrons. The van der Waals surface area contributed by atoms with E-state index in [4.69, 9.17) is 14.9 Å². The van der Waals surface area contributed by atoms with Crippen molar-refractivity contribution >= 4 is 38.5 Å². The zero-order valence-corrected chi connectivity index (χ0v) is 19.7. The molecule has 7 nitrogen and oxygen atoms in total. The topological polar surface area (TPSA) is 110 Å². The molecule has 8 heteroatoms. The Morgan fingerprint density at radius 3 is 2.54 bits per heavy atom. The predicted molar refractivity (Wildman–Crippen MR) is 132 cm³/mol. The highest BCUT2D eigenvalue weighted by Gasteiger charge is 2.61. The molecule has 0 fully saturated rings. The Labute approximate surface area is 207 Å². The highest BCUT2D eigenvalue weighted by atomic mass is 79.9. The van der Waals surface area contributed by atoms with Crippen LogP contribution in [-0.2, 0) is 16.8 Å². The molecule has 0 aliphatic carbocycles. The lowest BCUT2D eigenvalue weighted by Crippen LogP contribution is -2.48. The van der Waals surface area contributed by atoms with Crippen molar-refractivity contribution in [1.29, 1.82) is 5.26 Å². The minimum absolute atomic E-state index is 0.0538. The maximum atomic E-state index is 14.5. The molecule has 2 N–H and O–H groups in total. The number of carbonyl (C=O) groups is 1. The smallest absolute Gasteiger partial charge is 0.345 e. The van der Waals surface area contributed by atoms with Gasteiger partial charge in [0.05, 0.1) is 11.9 Å². The maximum absolute atomic E-state index is 14.5. The van der Waals surface area contributed by atoms with Crippen molar-refractivity contribution in [2.24, 2.45) is 5.73 Å². The van der Waals surface area contributed by atoms with Crippen LogP contribution in [0.15, 0.2) is 97.9 Å². The molecule has 1 spiro atoms. The number of para-hydroxylation sites is 1. The van der Waals surface area contributed by atoms with Gasteiger partial charge in [-0.05, 0) is 35.9 Å². The van der Waals surface area contributed by atoms with Gasteiger partial charge in [-0.2, -0.15) is 5.26 Å². The SMILES string of the molecule is N#CC1=C(N)Oc2c(c(=O)oc3ccccc23)C12C(=O)N(Cc1ccccc1)c1ccc(Br)cc12. The normalized spacial score (nSPS) is 18.4. The number of benzene rings is 3. The van der Waals surface area contributed by atoms with Crippen molar-refractivity contribution in [3.63, 3.8) is 0 Å². The summed E-state index contributed by atoms with van der Waals surface area (Å²) in [6.45, 7) is 0.240. The number of fused-ring (bicyclic) bond motifs is 6. The summed E-state index contributed by atoms with van der Waals surface area (Å²) in [5.74, 6) is -0.577. The van der Waals surface area contributed by atoms with E-state index in [2.05, 4.69) is 22.0 Å². The molecule has 6 rings (SSSR count). The number of rotatable bonds is 2. The van der Waals surface area contributed by atoms with E-state index >= 15 is 0 Å². The number of carbonyl (C=O) groups excluding carboxylic acids is 1. The fraction of sp³-hybridized carbons (Fsp3) is 0.0741. The zero-order chi connectivity index (χ0) is 24.3.